The first-order chi connectivity index (χ1) is 8.12. The fourth-order valence-electron chi connectivity index (χ4n) is 0.638. The van der Waals surface area contributed by atoms with Gasteiger partial charge >= 0.3 is 43.0 Å². The summed E-state index contributed by atoms with van der Waals surface area (Å²) in [6, 6.07) is 0. The molecule has 0 amide bonds. The molecule has 0 bridgehead atoms. The molecule has 0 spiro atoms. The Morgan fingerprint density at radius 3 is 1.47 bits per heavy atom. The predicted molar refractivity (Wildman–Crippen MR) is 76.3 cm³/mol. The molecule has 0 fully saturated rings. The quantitative estimate of drug-likeness (QED) is 0.301. The van der Waals surface area contributed by atoms with Crippen molar-refractivity contribution < 1.29 is 19.1 Å². The standard InChI is InChI=1S/C8H14O4S2.2CH3.Sn/c9-7(1-5-13)11-3-4-12-8(10)2-6-14;;;/h13-14H,1-6H2;2*1H3;/q;;;+2. The molecule has 17 heavy (non-hydrogen) atoms. The molecule has 0 aliphatic rings. The van der Waals surface area contributed by atoms with E-state index >= 15 is 0 Å². The third kappa shape index (κ3) is 19.0. The van der Waals surface area contributed by atoms with E-state index in [9.17, 15) is 9.59 Å². The molecule has 0 heterocycles. The van der Waals surface area contributed by atoms with E-state index in [1.165, 1.54) is 0 Å². The summed E-state index contributed by atoms with van der Waals surface area (Å²) in [5.74, 6) is 0.256. The third-order valence-corrected chi connectivity index (χ3v) is 1.69. The molecule has 0 saturated carbocycles. The van der Waals surface area contributed by atoms with Crippen molar-refractivity contribution in [2.45, 2.75) is 22.7 Å². The minimum atomic E-state index is -0.328. The molecule has 0 unspecified atom stereocenters. The third-order valence-electron chi connectivity index (χ3n) is 1.24. The summed E-state index contributed by atoms with van der Waals surface area (Å²) in [6.45, 7) is 0.204. The Morgan fingerprint density at radius 2 is 1.24 bits per heavy atom. The van der Waals surface area contributed by atoms with E-state index in [4.69, 9.17) is 9.47 Å². The molecule has 0 N–H and O–H groups in total. The molecule has 0 radical (unpaired) electrons. The molecule has 0 saturated heterocycles. The minimum absolute atomic E-state index is 0.102. The summed E-state index contributed by atoms with van der Waals surface area (Å²) in [4.78, 5) is 26.2. The molecule has 0 aromatic rings. The van der Waals surface area contributed by atoms with Gasteiger partial charge in [-0.3, -0.25) is 9.59 Å². The summed E-state index contributed by atoms with van der Waals surface area (Å²) in [5, 5.41) is 0. The molecule has 0 atom stereocenters. The maximum atomic E-state index is 10.8. The number of ether oxygens (including phenoxy) is 2. The Hall–Kier alpha value is 0.439. The normalized spacial score (nSPS) is 8.47. The van der Waals surface area contributed by atoms with Gasteiger partial charge in [-0.25, -0.2) is 0 Å². The number of esters is 2. The van der Waals surface area contributed by atoms with E-state index in [0.717, 1.165) is 0 Å². The van der Waals surface area contributed by atoms with Crippen molar-refractivity contribution in [1.29, 1.82) is 0 Å². The fraction of sp³-hybridized carbons (Fsp3) is 0.800. The molecule has 4 nitrogen and oxygen atoms in total. The van der Waals surface area contributed by atoms with Crippen molar-refractivity contribution in [3.05, 3.63) is 0 Å². The van der Waals surface area contributed by atoms with Gasteiger partial charge in [0.2, 0.25) is 0 Å². The Kier molecular flexibility index (Phi) is 19.1. The first-order valence-corrected chi connectivity index (χ1v) is 12.2. The number of rotatable bonds is 7. The van der Waals surface area contributed by atoms with Crippen LogP contribution in [0.25, 0.3) is 0 Å². The van der Waals surface area contributed by atoms with Crippen LogP contribution in [0.2, 0.25) is 9.88 Å². The van der Waals surface area contributed by atoms with Crippen LogP contribution < -0.4 is 0 Å². The van der Waals surface area contributed by atoms with Crippen LogP contribution >= 0.6 is 25.3 Å². The van der Waals surface area contributed by atoms with Gasteiger partial charge in [-0.15, -0.1) is 0 Å². The van der Waals surface area contributed by atoms with Gasteiger partial charge in [-0.1, -0.05) is 0 Å². The molecular formula is C10H20O4S2Sn+2. The van der Waals surface area contributed by atoms with Crippen LogP contribution in [0.1, 0.15) is 12.8 Å². The number of hydrogen-bond acceptors (Lipinski definition) is 6. The molecule has 0 aliphatic carbocycles. The molecular weight excluding hydrogens is 367 g/mol. The summed E-state index contributed by atoms with van der Waals surface area (Å²) in [6.07, 6.45) is 0.543. The van der Waals surface area contributed by atoms with Crippen molar-refractivity contribution in [3.8, 4) is 0 Å². The predicted octanol–water partition coefficient (Wildman–Crippen LogP) is 1.50. The molecule has 0 aromatic carbocycles. The molecule has 0 aliphatic heterocycles. The van der Waals surface area contributed by atoms with Crippen LogP contribution in [0.5, 0.6) is 0 Å². The Labute approximate surface area is 124 Å². The van der Waals surface area contributed by atoms with E-state index in [-0.39, 0.29) is 59.1 Å². The zero-order chi connectivity index (χ0) is 13.5. The Morgan fingerprint density at radius 1 is 0.941 bits per heavy atom. The van der Waals surface area contributed by atoms with Crippen molar-refractivity contribution in [3.63, 3.8) is 0 Å². The van der Waals surface area contributed by atoms with Gasteiger partial charge in [0, 0.05) is 11.5 Å². The second-order valence-corrected chi connectivity index (χ2v) is 6.64. The Balaban J connectivity index is 0. The summed E-state index contributed by atoms with van der Waals surface area (Å²) in [5.41, 5.74) is 0. The van der Waals surface area contributed by atoms with Gasteiger partial charge in [0.05, 0.1) is 12.8 Å². The van der Waals surface area contributed by atoms with Crippen molar-refractivity contribution in [2.24, 2.45) is 0 Å². The Bertz CT molecular complexity index is 183. The average molecular weight is 387 g/mol. The molecule has 98 valence electrons. The van der Waals surface area contributed by atoms with Crippen LogP contribution in [-0.4, -0.2) is 57.8 Å². The van der Waals surface area contributed by atoms with Gasteiger partial charge in [-0.2, -0.15) is 25.3 Å². The van der Waals surface area contributed by atoms with Gasteiger partial charge in [-0.05, 0) is 0 Å². The maximum absolute atomic E-state index is 10.8. The summed E-state index contributed by atoms with van der Waals surface area (Å²) in [7, 11) is 0. The van der Waals surface area contributed by atoms with E-state index < -0.39 is 0 Å². The van der Waals surface area contributed by atoms with Gasteiger partial charge in [0.1, 0.15) is 13.2 Å². The monoisotopic (exact) mass is 388 g/mol. The summed E-state index contributed by atoms with van der Waals surface area (Å²) >= 11 is 7.97. The van der Waals surface area contributed by atoms with Gasteiger partial charge < -0.3 is 9.47 Å². The zero-order valence-electron chi connectivity index (χ0n) is 10.3. The number of thiol groups is 2. The van der Waals surface area contributed by atoms with Crippen molar-refractivity contribution in [1.82, 2.24) is 0 Å². The van der Waals surface area contributed by atoms with E-state index in [2.05, 4.69) is 35.1 Å². The van der Waals surface area contributed by atoms with Crippen LogP contribution in [-0.2, 0) is 19.1 Å². The second kappa shape index (κ2) is 16.4. The van der Waals surface area contributed by atoms with Crippen molar-refractivity contribution in [2.75, 3.05) is 24.7 Å². The van der Waals surface area contributed by atoms with Crippen LogP contribution in [0.4, 0.5) is 0 Å². The fourth-order valence-corrected chi connectivity index (χ4v) is 1.00. The number of carbonyl (C=O) groups excluding carboxylic acids is 2. The SMILES string of the molecule is O=C(CCS)OCCOC(=O)CCS.[CH3][Sn+2][CH3]. The number of carbonyl (C=O) groups is 2. The van der Waals surface area contributed by atoms with Gasteiger partial charge in [0.15, 0.2) is 0 Å². The van der Waals surface area contributed by atoms with E-state index in [0.29, 0.717) is 11.5 Å². The van der Waals surface area contributed by atoms with Crippen molar-refractivity contribution >= 4 is 58.3 Å². The topological polar surface area (TPSA) is 52.6 Å². The second-order valence-electron chi connectivity index (χ2n) is 2.89. The van der Waals surface area contributed by atoms with E-state index in [1.54, 1.807) is 0 Å². The van der Waals surface area contributed by atoms with Crippen LogP contribution in [0.3, 0.4) is 0 Å². The molecule has 0 rings (SSSR count). The van der Waals surface area contributed by atoms with Crippen LogP contribution in [0, 0.1) is 0 Å². The van der Waals surface area contributed by atoms with Crippen LogP contribution in [0.15, 0.2) is 0 Å². The van der Waals surface area contributed by atoms with E-state index in [1.807, 2.05) is 0 Å². The average Bonchev–Trinajstić information content (AvgIpc) is 2.26. The van der Waals surface area contributed by atoms with Gasteiger partial charge in [0.25, 0.3) is 0 Å². The molecule has 0 aromatic heterocycles. The zero-order valence-corrected chi connectivity index (χ0v) is 14.9. The number of hydrogen-bond donors (Lipinski definition) is 2. The molecule has 7 heteroatoms. The first kappa shape index (κ1) is 19.8. The summed E-state index contributed by atoms with van der Waals surface area (Å²) < 4.78 is 9.45. The first-order valence-electron chi connectivity index (χ1n) is 5.23.